The molecule has 1 aliphatic heterocycles. The number of likely N-dealkylation sites (tertiary alicyclic amines) is 1. The van der Waals surface area contributed by atoms with Crippen molar-refractivity contribution in [2.24, 2.45) is 11.7 Å². The van der Waals surface area contributed by atoms with Gasteiger partial charge in [0.1, 0.15) is 0 Å². The Morgan fingerprint density at radius 1 is 1.27 bits per heavy atom. The highest BCUT2D eigenvalue weighted by atomic mass is 35.5. The molecule has 1 atom stereocenters. The molecular formula is C14H30Cl2N4O2. The Balaban J connectivity index is 0. The Bertz CT molecular complexity index is 324. The number of nitrogens with one attached hydrogen (secondary N) is 2. The monoisotopic (exact) mass is 356 g/mol. The lowest BCUT2D eigenvalue weighted by molar-refractivity contribution is -0.126. The van der Waals surface area contributed by atoms with Gasteiger partial charge in [-0.3, -0.25) is 14.5 Å². The highest BCUT2D eigenvalue weighted by molar-refractivity contribution is 5.85. The number of carbonyl (C=O) groups excluding carboxylic acids is 2. The average Bonchev–Trinajstić information content (AvgIpc) is 2.46. The minimum absolute atomic E-state index is 0. The number of amides is 2. The van der Waals surface area contributed by atoms with Gasteiger partial charge in [0.15, 0.2) is 0 Å². The summed E-state index contributed by atoms with van der Waals surface area (Å²) in [4.78, 5) is 25.5. The molecule has 0 bridgehead atoms. The van der Waals surface area contributed by atoms with Crippen molar-refractivity contribution in [2.75, 3.05) is 32.7 Å². The molecule has 0 saturated carbocycles. The van der Waals surface area contributed by atoms with E-state index in [1.54, 1.807) is 0 Å². The second-order valence-corrected chi connectivity index (χ2v) is 5.55. The molecule has 0 radical (unpaired) electrons. The van der Waals surface area contributed by atoms with Crippen molar-refractivity contribution in [3.63, 3.8) is 0 Å². The van der Waals surface area contributed by atoms with Crippen LogP contribution in [-0.2, 0) is 9.59 Å². The summed E-state index contributed by atoms with van der Waals surface area (Å²) >= 11 is 0. The van der Waals surface area contributed by atoms with Gasteiger partial charge in [0, 0.05) is 38.1 Å². The van der Waals surface area contributed by atoms with Crippen molar-refractivity contribution in [1.82, 2.24) is 15.5 Å². The van der Waals surface area contributed by atoms with Crippen LogP contribution in [0.5, 0.6) is 0 Å². The fourth-order valence-electron chi connectivity index (χ4n) is 2.21. The Hall–Kier alpha value is -0.560. The van der Waals surface area contributed by atoms with Crippen LogP contribution in [0.25, 0.3) is 0 Å². The molecular weight excluding hydrogens is 327 g/mol. The first kappa shape index (κ1) is 23.7. The molecule has 1 heterocycles. The van der Waals surface area contributed by atoms with Gasteiger partial charge >= 0.3 is 0 Å². The second kappa shape index (κ2) is 12.9. The number of rotatable bonds is 7. The standard InChI is InChI=1S/C14H28N4O2.2ClH/c1-3-6-16-13(19)10-18-7-4-12(5-8-18)17-14(20)11(2)9-15;;/h11-12H,3-10,15H2,1-2H3,(H,16,19)(H,17,20);2*1H. The molecule has 22 heavy (non-hydrogen) atoms. The van der Waals surface area contributed by atoms with Gasteiger partial charge in [0.2, 0.25) is 11.8 Å². The molecule has 1 unspecified atom stereocenters. The third-order valence-corrected chi connectivity index (χ3v) is 3.67. The van der Waals surface area contributed by atoms with Gasteiger partial charge in [-0.05, 0) is 19.3 Å². The molecule has 4 N–H and O–H groups in total. The van der Waals surface area contributed by atoms with Gasteiger partial charge < -0.3 is 16.4 Å². The number of piperidine rings is 1. The van der Waals surface area contributed by atoms with Crippen LogP contribution in [0.15, 0.2) is 0 Å². The van der Waals surface area contributed by atoms with E-state index in [0.29, 0.717) is 13.1 Å². The summed E-state index contributed by atoms with van der Waals surface area (Å²) in [6, 6.07) is 0.214. The molecule has 0 aromatic heterocycles. The van der Waals surface area contributed by atoms with E-state index in [9.17, 15) is 9.59 Å². The number of carbonyl (C=O) groups is 2. The lowest BCUT2D eigenvalue weighted by Crippen LogP contribution is -2.48. The van der Waals surface area contributed by atoms with Crippen LogP contribution < -0.4 is 16.4 Å². The minimum atomic E-state index is -0.132. The Morgan fingerprint density at radius 2 is 1.86 bits per heavy atom. The first-order chi connectivity index (χ1) is 9.56. The number of hydrogen-bond acceptors (Lipinski definition) is 4. The predicted molar refractivity (Wildman–Crippen MR) is 93.6 cm³/mol. The van der Waals surface area contributed by atoms with E-state index in [1.807, 2.05) is 13.8 Å². The Kier molecular flexibility index (Phi) is 13.9. The molecule has 132 valence electrons. The molecule has 6 nitrogen and oxygen atoms in total. The zero-order valence-electron chi connectivity index (χ0n) is 13.5. The summed E-state index contributed by atoms with van der Waals surface area (Å²) in [5, 5.41) is 5.91. The fraction of sp³-hybridized carbons (Fsp3) is 0.857. The van der Waals surface area contributed by atoms with Crippen LogP contribution in [0.2, 0.25) is 0 Å². The lowest BCUT2D eigenvalue weighted by Gasteiger charge is -2.32. The highest BCUT2D eigenvalue weighted by Crippen LogP contribution is 2.10. The van der Waals surface area contributed by atoms with E-state index in [0.717, 1.165) is 38.9 Å². The predicted octanol–water partition coefficient (Wildman–Crippen LogP) is 0.532. The van der Waals surface area contributed by atoms with Gasteiger partial charge in [0.05, 0.1) is 6.54 Å². The largest absolute Gasteiger partial charge is 0.355 e. The Morgan fingerprint density at radius 3 is 2.36 bits per heavy atom. The van der Waals surface area contributed by atoms with Crippen molar-refractivity contribution >= 4 is 36.6 Å². The minimum Gasteiger partial charge on any atom is -0.355 e. The number of hydrogen-bond donors (Lipinski definition) is 3. The molecule has 1 aliphatic rings. The molecule has 8 heteroatoms. The van der Waals surface area contributed by atoms with Crippen LogP contribution in [0.4, 0.5) is 0 Å². The van der Waals surface area contributed by atoms with Crippen LogP contribution in [-0.4, -0.2) is 55.5 Å². The summed E-state index contributed by atoms with van der Waals surface area (Å²) in [7, 11) is 0. The molecule has 2 amide bonds. The van der Waals surface area contributed by atoms with Crippen LogP contribution >= 0.6 is 24.8 Å². The fourth-order valence-corrected chi connectivity index (χ4v) is 2.21. The maximum absolute atomic E-state index is 11.8. The van der Waals surface area contributed by atoms with Crippen LogP contribution in [0.1, 0.15) is 33.1 Å². The van der Waals surface area contributed by atoms with E-state index in [1.165, 1.54) is 0 Å². The van der Waals surface area contributed by atoms with Crippen molar-refractivity contribution < 1.29 is 9.59 Å². The summed E-state index contributed by atoms with van der Waals surface area (Å²) in [6.45, 7) is 7.15. The quantitative estimate of drug-likeness (QED) is 0.620. The van der Waals surface area contributed by atoms with Crippen molar-refractivity contribution in [3.05, 3.63) is 0 Å². The van der Waals surface area contributed by atoms with Gasteiger partial charge in [-0.25, -0.2) is 0 Å². The van der Waals surface area contributed by atoms with E-state index in [4.69, 9.17) is 5.73 Å². The molecule has 0 spiro atoms. The van der Waals surface area contributed by atoms with Gasteiger partial charge in [-0.15, -0.1) is 24.8 Å². The van der Waals surface area contributed by atoms with E-state index < -0.39 is 0 Å². The zero-order valence-corrected chi connectivity index (χ0v) is 15.1. The third-order valence-electron chi connectivity index (χ3n) is 3.67. The number of nitrogens with zero attached hydrogens (tertiary/aromatic N) is 1. The average molecular weight is 357 g/mol. The molecule has 1 saturated heterocycles. The molecule has 0 aromatic carbocycles. The SMILES string of the molecule is CCCNC(=O)CN1CCC(NC(=O)C(C)CN)CC1.Cl.Cl. The topological polar surface area (TPSA) is 87.5 Å². The normalized spacial score (nSPS) is 16.9. The van der Waals surface area contributed by atoms with Crippen LogP contribution in [0, 0.1) is 5.92 Å². The van der Waals surface area contributed by atoms with Crippen molar-refractivity contribution in [2.45, 2.75) is 39.2 Å². The smallest absolute Gasteiger partial charge is 0.234 e. The molecule has 0 aromatic rings. The summed E-state index contributed by atoms with van der Waals surface area (Å²) < 4.78 is 0. The maximum atomic E-state index is 11.8. The third kappa shape index (κ3) is 8.78. The molecule has 1 rings (SSSR count). The van der Waals surface area contributed by atoms with Gasteiger partial charge in [-0.2, -0.15) is 0 Å². The number of nitrogens with two attached hydrogens (primary N) is 1. The van der Waals surface area contributed by atoms with Gasteiger partial charge in [0.25, 0.3) is 0 Å². The van der Waals surface area contributed by atoms with E-state index in [-0.39, 0.29) is 48.6 Å². The molecule has 0 aliphatic carbocycles. The second-order valence-electron chi connectivity index (χ2n) is 5.55. The Labute approximate surface area is 145 Å². The zero-order chi connectivity index (χ0) is 15.0. The van der Waals surface area contributed by atoms with E-state index in [2.05, 4.69) is 15.5 Å². The van der Waals surface area contributed by atoms with Crippen molar-refractivity contribution in [1.29, 1.82) is 0 Å². The molecule has 1 fully saturated rings. The summed E-state index contributed by atoms with van der Waals surface area (Å²) in [6.07, 6.45) is 2.74. The first-order valence-electron chi connectivity index (χ1n) is 7.56. The summed E-state index contributed by atoms with van der Waals surface area (Å²) in [5.74, 6) is -0.00872. The maximum Gasteiger partial charge on any atom is 0.234 e. The van der Waals surface area contributed by atoms with Crippen molar-refractivity contribution in [3.8, 4) is 0 Å². The van der Waals surface area contributed by atoms with Crippen LogP contribution in [0.3, 0.4) is 0 Å². The van der Waals surface area contributed by atoms with Gasteiger partial charge in [-0.1, -0.05) is 13.8 Å². The first-order valence-corrected chi connectivity index (χ1v) is 7.56. The number of halogens is 2. The summed E-state index contributed by atoms with van der Waals surface area (Å²) in [5.41, 5.74) is 5.48. The highest BCUT2D eigenvalue weighted by Gasteiger charge is 2.23. The lowest BCUT2D eigenvalue weighted by atomic mass is 10.0. The van der Waals surface area contributed by atoms with E-state index >= 15 is 0 Å².